The molecule has 2 aliphatic heterocycles. The summed E-state index contributed by atoms with van der Waals surface area (Å²) in [6.45, 7) is 2.79. The van der Waals surface area contributed by atoms with E-state index in [1.54, 1.807) is 12.1 Å². The molecular formula is C16H20FNO3. The summed E-state index contributed by atoms with van der Waals surface area (Å²) < 4.78 is 24.2. The number of carbonyl (C=O) groups excluding carboxylic acids is 1. The molecule has 0 spiro atoms. The van der Waals surface area contributed by atoms with E-state index >= 15 is 0 Å². The van der Waals surface area contributed by atoms with Gasteiger partial charge in [0.2, 0.25) is 5.91 Å². The number of carbonyl (C=O) groups is 1. The molecular weight excluding hydrogens is 273 g/mol. The fraction of sp³-hybridized carbons (Fsp3) is 0.562. The zero-order chi connectivity index (χ0) is 14.7. The Hall–Kier alpha value is -1.46. The Morgan fingerprint density at radius 3 is 2.62 bits per heavy atom. The minimum atomic E-state index is -0.297. The predicted molar refractivity (Wildman–Crippen MR) is 75.1 cm³/mol. The van der Waals surface area contributed by atoms with Crippen LogP contribution in [-0.2, 0) is 20.7 Å². The lowest BCUT2D eigenvalue weighted by Gasteiger charge is -2.34. The van der Waals surface area contributed by atoms with Crippen LogP contribution in [0.25, 0.3) is 0 Å². The van der Waals surface area contributed by atoms with E-state index in [1.165, 1.54) is 12.1 Å². The van der Waals surface area contributed by atoms with Crippen LogP contribution in [0.3, 0.4) is 0 Å². The molecule has 3 rings (SSSR count). The first-order valence-corrected chi connectivity index (χ1v) is 7.48. The first-order chi connectivity index (χ1) is 10.2. The maximum absolute atomic E-state index is 13.1. The maximum atomic E-state index is 13.1. The van der Waals surface area contributed by atoms with Gasteiger partial charge in [0.05, 0.1) is 19.6 Å². The lowest BCUT2D eigenvalue weighted by atomic mass is 9.95. The number of nitrogens with zero attached hydrogens (tertiary/aromatic N) is 1. The van der Waals surface area contributed by atoms with Crippen LogP contribution in [-0.4, -0.2) is 43.4 Å². The third kappa shape index (κ3) is 3.60. The molecule has 2 aliphatic rings. The van der Waals surface area contributed by atoms with Crippen molar-refractivity contribution in [2.45, 2.75) is 25.6 Å². The van der Waals surface area contributed by atoms with Gasteiger partial charge in [-0.15, -0.1) is 0 Å². The van der Waals surface area contributed by atoms with Gasteiger partial charge in [0.1, 0.15) is 5.82 Å². The van der Waals surface area contributed by atoms with Gasteiger partial charge in [-0.25, -0.2) is 4.39 Å². The molecule has 4 nitrogen and oxygen atoms in total. The molecule has 1 aromatic carbocycles. The number of benzene rings is 1. The van der Waals surface area contributed by atoms with Crippen LogP contribution in [0.4, 0.5) is 4.39 Å². The highest BCUT2D eigenvalue weighted by molar-refractivity contribution is 5.78. The molecule has 1 amide bonds. The molecule has 0 atom stereocenters. The molecule has 21 heavy (non-hydrogen) atoms. The van der Waals surface area contributed by atoms with E-state index in [0.29, 0.717) is 19.1 Å². The summed E-state index contributed by atoms with van der Waals surface area (Å²) in [4.78, 5) is 14.1. The van der Waals surface area contributed by atoms with Gasteiger partial charge in [-0.2, -0.15) is 0 Å². The van der Waals surface area contributed by atoms with Crippen molar-refractivity contribution in [2.75, 3.05) is 26.3 Å². The number of halogens is 1. The van der Waals surface area contributed by atoms with Crippen molar-refractivity contribution >= 4 is 5.91 Å². The van der Waals surface area contributed by atoms with Crippen molar-refractivity contribution in [2.24, 2.45) is 5.92 Å². The third-order valence-electron chi connectivity index (χ3n) is 4.17. The molecule has 0 unspecified atom stereocenters. The van der Waals surface area contributed by atoms with Crippen LogP contribution in [0.1, 0.15) is 18.4 Å². The van der Waals surface area contributed by atoms with Crippen LogP contribution in [0.5, 0.6) is 0 Å². The highest BCUT2D eigenvalue weighted by Gasteiger charge is 2.31. The van der Waals surface area contributed by atoms with E-state index < -0.39 is 0 Å². The number of piperidine rings is 1. The van der Waals surface area contributed by atoms with E-state index in [9.17, 15) is 9.18 Å². The summed E-state index contributed by atoms with van der Waals surface area (Å²) in [5, 5.41) is 0. The number of hydrogen-bond donors (Lipinski definition) is 0. The van der Waals surface area contributed by atoms with Crippen LogP contribution >= 0.6 is 0 Å². The number of ether oxygens (including phenoxy) is 2. The molecule has 5 heteroatoms. The van der Waals surface area contributed by atoms with E-state index in [4.69, 9.17) is 9.47 Å². The van der Waals surface area contributed by atoms with Gasteiger partial charge in [-0.1, -0.05) is 12.1 Å². The Labute approximate surface area is 123 Å². The largest absolute Gasteiger partial charge is 0.350 e. The molecule has 114 valence electrons. The molecule has 0 saturated carbocycles. The Morgan fingerprint density at radius 2 is 1.95 bits per heavy atom. The van der Waals surface area contributed by atoms with E-state index in [2.05, 4.69) is 0 Å². The summed E-state index contributed by atoms with van der Waals surface area (Å²) in [6.07, 6.45) is 1.98. The lowest BCUT2D eigenvalue weighted by Crippen LogP contribution is -2.42. The zero-order valence-electron chi connectivity index (χ0n) is 12.0. The van der Waals surface area contributed by atoms with E-state index in [0.717, 1.165) is 31.5 Å². The van der Waals surface area contributed by atoms with Crippen LogP contribution in [0, 0.1) is 11.7 Å². The van der Waals surface area contributed by atoms with Crippen LogP contribution in [0.2, 0.25) is 0 Å². The van der Waals surface area contributed by atoms with Gasteiger partial charge in [0.15, 0.2) is 6.29 Å². The van der Waals surface area contributed by atoms with Crippen molar-refractivity contribution in [3.8, 4) is 0 Å². The Bertz CT molecular complexity index is 494. The summed E-state index contributed by atoms with van der Waals surface area (Å²) in [7, 11) is 0. The number of likely N-dealkylation sites (tertiary alicyclic amines) is 1. The topological polar surface area (TPSA) is 38.8 Å². The molecule has 0 aromatic heterocycles. The smallest absolute Gasteiger partial charge is 0.226 e. The highest BCUT2D eigenvalue weighted by Crippen LogP contribution is 2.26. The predicted octanol–water partition coefficient (Wildman–Crippen LogP) is 1.98. The number of amides is 1. The van der Waals surface area contributed by atoms with Crippen molar-refractivity contribution in [1.82, 2.24) is 4.90 Å². The SMILES string of the molecule is O=C(Cc1cccc(F)c1)N1CCC(C2OCCO2)CC1. The Morgan fingerprint density at radius 1 is 1.24 bits per heavy atom. The third-order valence-corrected chi connectivity index (χ3v) is 4.17. The minimum Gasteiger partial charge on any atom is -0.350 e. The van der Waals surface area contributed by atoms with Gasteiger partial charge >= 0.3 is 0 Å². The molecule has 0 radical (unpaired) electrons. The molecule has 1 aromatic rings. The fourth-order valence-electron chi connectivity index (χ4n) is 3.00. The van der Waals surface area contributed by atoms with Crippen molar-refractivity contribution in [3.63, 3.8) is 0 Å². The fourth-order valence-corrected chi connectivity index (χ4v) is 3.00. The second-order valence-corrected chi connectivity index (χ2v) is 5.63. The van der Waals surface area contributed by atoms with Crippen molar-refractivity contribution in [1.29, 1.82) is 0 Å². The van der Waals surface area contributed by atoms with Gasteiger partial charge in [-0.3, -0.25) is 4.79 Å². The quantitative estimate of drug-likeness (QED) is 0.855. The molecule has 0 aliphatic carbocycles. The molecule has 2 heterocycles. The monoisotopic (exact) mass is 293 g/mol. The van der Waals surface area contributed by atoms with Crippen molar-refractivity contribution < 1.29 is 18.7 Å². The average molecular weight is 293 g/mol. The highest BCUT2D eigenvalue weighted by atomic mass is 19.1. The molecule has 2 saturated heterocycles. The summed E-state index contributed by atoms with van der Waals surface area (Å²) >= 11 is 0. The van der Waals surface area contributed by atoms with Crippen molar-refractivity contribution in [3.05, 3.63) is 35.6 Å². The minimum absolute atomic E-state index is 0.0623. The molecule has 2 fully saturated rings. The van der Waals surface area contributed by atoms with E-state index in [-0.39, 0.29) is 24.4 Å². The average Bonchev–Trinajstić information content (AvgIpc) is 3.01. The summed E-state index contributed by atoms with van der Waals surface area (Å²) in [6, 6.07) is 6.23. The lowest BCUT2D eigenvalue weighted by molar-refractivity contribution is -0.136. The summed E-state index contributed by atoms with van der Waals surface area (Å²) in [5.74, 6) is 0.146. The first-order valence-electron chi connectivity index (χ1n) is 7.48. The van der Waals surface area contributed by atoms with Gasteiger partial charge in [0.25, 0.3) is 0 Å². The number of rotatable bonds is 3. The van der Waals surface area contributed by atoms with Crippen LogP contribution < -0.4 is 0 Å². The molecule has 0 bridgehead atoms. The standard InChI is InChI=1S/C16H20FNO3/c17-14-3-1-2-12(10-14)11-15(19)18-6-4-13(5-7-18)16-20-8-9-21-16/h1-3,10,13,16H,4-9,11H2. The van der Waals surface area contributed by atoms with Gasteiger partial charge in [-0.05, 0) is 30.5 Å². The van der Waals surface area contributed by atoms with Crippen LogP contribution in [0.15, 0.2) is 24.3 Å². The van der Waals surface area contributed by atoms with Gasteiger partial charge in [0, 0.05) is 19.0 Å². The first kappa shape index (κ1) is 14.5. The summed E-state index contributed by atoms with van der Waals surface area (Å²) in [5.41, 5.74) is 0.726. The second kappa shape index (κ2) is 6.54. The number of hydrogen-bond acceptors (Lipinski definition) is 3. The van der Waals surface area contributed by atoms with Gasteiger partial charge < -0.3 is 14.4 Å². The maximum Gasteiger partial charge on any atom is 0.226 e. The normalized spacial score (nSPS) is 20.9. The Kier molecular flexibility index (Phi) is 4.51. The second-order valence-electron chi connectivity index (χ2n) is 5.63. The zero-order valence-corrected chi connectivity index (χ0v) is 12.0. The molecule has 0 N–H and O–H groups in total. The Balaban J connectivity index is 1.50. The van der Waals surface area contributed by atoms with E-state index in [1.807, 2.05) is 4.90 Å².